The van der Waals surface area contributed by atoms with E-state index in [9.17, 15) is 5.11 Å². The molecule has 1 N–H and O–H groups in total. The predicted molar refractivity (Wildman–Crippen MR) is 49.3 cm³/mol. The predicted octanol–water partition coefficient (Wildman–Crippen LogP) is 2.40. The number of rotatable bonds is 2. The molecule has 0 radical (unpaired) electrons. The number of nitrogens with zero attached hydrogens (tertiary/aromatic N) is 1. The molecule has 0 aromatic heterocycles. The number of aliphatic hydroxyl groups is 1. The van der Waals surface area contributed by atoms with Gasteiger partial charge in [0.05, 0.1) is 18.6 Å². The minimum atomic E-state index is -0.689. The van der Waals surface area contributed by atoms with Crippen molar-refractivity contribution in [3.05, 3.63) is 34.3 Å². The summed E-state index contributed by atoms with van der Waals surface area (Å²) in [7, 11) is 0. The van der Waals surface area contributed by atoms with E-state index >= 15 is 0 Å². The molecule has 0 aliphatic carbocycles. The van der Waals surface area contributed by atoms with Gasteiger partial charge in [0.2, 0.25) is 0 Å². The molecule has 1 atom stereocenters. The molecule has 1 aromatic rings. The van der Waals surface area contributed by atoms with Gasteiger partial charge < -0.3 is 5.11 Å². The summed E-state index contributed by atoms with van der Waals surface area (Å²) >= 11 is 3.30. The van der Waals surface area contributed by atoms with Crippen LogP contribution >= 0.6 is 15.9 Å². The molecular formula is C9H8BrNO. The summed E-state index contributed by atoms with van der Waals surface area (Å²) in [5.41, 5.74) is 0.763. The van der Waals surface area contributed by atoms with Gasteiger partial charge in [-0.1, -0.05) is 34.1 Å². The third-order valence-electron chi connectivity index (χ3n) is 1.55. The van der Waals surface area contributed by atoms with Crippen LogP contribution in [0.3, 0.4) is 0 Å². The first-order valence-corrected chi connectivity index (χ1v) is 4.34. The summed E-state index contributed by atoms with van der Waals surface area (Å²) < 4.78 is 0.841. The largest absolute Gasteiger partial charge is 0.387 e. The van der Waals surface area contributed by atoms with Gasteiger partial charge in [-0.3, -0.25) is 0 Å². The van der Waals surface area contributed by atoms with Crippen LogP contribution in [0.2, 0.25) is 0 Å². The van der Waals surface area contributed by atoms with Crippen LogP contribution in [0.15, 0.2) is 28.7 Å². The quantitative estimate of drug-likeness (QED) is 0.841. The molecule has 0 amide bonds. The lowest BCUT2D eigenvalue weighted by atomic mass is 10.1. The summed E-state index contributed by atoms with van der Waals surface area (Å²) in [6.07, 6.45) is -0.562. The number of benzene rings is 1. The molecule has 3 heteroatoms. The Morgan fingerprint density at radius 2 is 2.17 bits per heavy atom. The number of nitriles is 1. The summed E-state index contributed by atoms with van der Waals surface area (Å²) in [6.45, 7) is 0. The van der Waals surface area contributed by atoms with Crippen molar-refractivity contribution in [2.24, 2.45) is 0 Å². The van der Waals surface area contributed by atoms with Gasteiger partial charge in [-0.25, -0.2) is 0 Å². The van der Waals surface area contributed by atoms with E-state index in [0.717, 1.165) is 10.0 Å². The molecule has 0 fully saturated rings. The zero-order valence-corrected chi connectivity index (χ0v) is 7.95. The van der Waals surface area contributed by atoms with Crippen molar-refractivity contribution in [1.82, 2.24) is 0 Å². The highest BCUT2D eigenvalue weighted by Crippen LogP contribution is 2.24. The maximum absolute atomic E-state index is 9.45. The monoisotopic (exact) mass is 225 g/mol. The molecule has 0 bridgehead atoms. The Balaban J connectivity index is 2.88. The first-order chi connectivity index (χ1) is 5.75. The molecule has 0 saturated heterocycles. The molecule has 1 aromatic carbocycles. The number of hydrogen-bond donors (Lipinski definition) is 1. The van der Waals surface area contributed by atoms with E-state index in [1.807, 2.05) is 24.3 Å². The van der Waals surface area contributed by atoms with Crippen LogP contribution in [0.25, 0.3) is 0 Å². The van der Waals surface area contributed by atoms with Gasteiger partial charge in [0, 0.05) is 4.47 Å². The molecule has 2 nitrogen and oxygen atoms in total. The summed E-state index contributed by atoms with van der Waals surface area (Å²) in [5.74, 6) is 0. The molecule has 0 aliphatic heterocycles. The van der Waals surface area contributed by atoms with Crippen molar-refractivity contribution in [1.29, 1.82) is 5.26 Å². The lowest BCUT2D eigenvalue weighted by Crippen LogP contribution is -1.96. The van der Waals surface area contributed by atoms with E-state index in [1.165, 1.54) is 0 Å². The minimum absolute atomic E-state index is 0.128. The number of halogens is 1. The molecule has 0 aliphatic rings. The first kappa shape index (κ1) is 9.24. The van der Waals surface area contributed by atoms with Crippen LogP contribution in [0.1, 0.15) is 18.1 Å². The fourth-order valence-corrected chi connectivity index (χ4v) is 1.49. The third kappa shape index (κ3) is 2.07. The van der Waals surface area contributed by atoms with Crippen molar-refractivity contribution >= 4 is 15.9 Å². The van der Waals surface area contributed by atoms with Crippen LogP contribution in [-0.2, 0) is 0 Å². The topological polar surface area (TPSA) is 44.0 Å². The van der Waals surface area contributed by atoms with Crippen molar-refractivity contribution in [2.45, 2.75) is 12.5 Å². The Kier molecular flexibility index (Phi) is 3.27. The molecule has 62 valence electrons. The van der Waals surface area contributed by atoms with Crippen molar-refractivity contribution < 1.29 is 5.11 Å². The molecule has 0 saturated carbocycles. The normalized spacial score (nSPS) is 12.1. The first-order valence-electron chi connectivity index (χ1n) is 3.55. The Morgan fingerprint density at radius 3 is 2.75 bits per heavy atom. The van der Waals surface area contributed by atoms with Gasteiger partial charge in [-0.15, -0.1) is 0 Å². The highest BCUT2D eigenvalue weighted by atomic mass is 79.9. The average molecular weight is 226 g/mol. The molecule has 0 unspecified atom stereocenters. The molecule has 12 heavy (non-hydrogen) atoms. The van der Waals surface area contributed by atoms with Gasteiger partial charge in [-0.05, 0) is 11.6 Å². The maximum Gasteiger partial charge on any atom is 0.0930 e. The Bertz CT molecular complexity index is 306. The fourth-order valence-electron chi connectivity index (χ4n) is 0.942. The lowest BCUT2D eigenvalue weighted by molar-refractivity contribution is 0.182. The maximum atomic E-state index is 9.45. The van der Waals surface area contributed by atoms with E-state index in [4.69, 9.17) is 5.26 Å². The Morgan fingerprint density at radius 1 is 1.50 bits per heavy atom. The minimum Gasteiger partial charge on any atom is -0.387 e. The van der Waals surface area contributed by atoms with Crippen molar-refractivity contribution in [3.8, 4) is 6.07 Å². The molecular weight excluding hydrogens is 218 g/mol. The second kappa shape index (κ2) is 4.24. The second-order valence-corrected chi connectivity index (χ2v) is 3.25. The zero-order valence-electron chi connectivity index (χ0n) is 6.37. The van der Waals surface area contributed by atoms with Gasteiger partial charge in [0.15, 0.2) is 0 Å². The van der Waals surface area contributed by atoms with Crippen LogP contribution in [0.4, 0.5) is 0 Å². The highest BCUT2D eigenvalue weighted by Gasteiger charge is 2.08. The van der Waals surface area contributed by atoms with Gasteiger partial charge in [0.1, 0.15) is 0 Å². The number of hydrogen-bond acceptors (Lipinski definition) is 2. The molecule has 0 heterocycles. The number of aliphatic hydroxyl groups excluding tert-OH is 1. The van der Waals surface area contributed by atoms with E-state index < -0.39 is 6.10 Å². The summed E-state index contributed by atoms with van der Waals surface area (Å²) in [5, 5.41) is 17.8. The zero-order chi connectivity index (χ0) is 8.97. The Hall–Kier alpha value is -0.850. The van der Waals surface area contributed by atoms with Crippen LogP contribution in [-0.4, -0.2) is 5.11 Å². The SMILES string of the molecule is N#CC[C@@H](O)c1ccccc1Br. The van der Waals surface area contributed by atoms with Crippen LogP contribution < -0.4 is 0 Å². The average Bonchev–Trinajstić information content (AvgIpc) is 2.05. The summed E-state index contributed by atoms with van der Waals surface area (Å²) in [4.78, 5) is 0. The summed E-state index contributed by atoms with van der Waals surface area (Å²) in [6, 6.07) is 9.26. The second-order valence-electron chi connectivity index (χ2n) is 2.40. The van der Waals surface area contributed by atoms with Gasteiger partial charge >= 0.3 is 0 Å². The molecule has 0 spiro atoms. The van der Waals surface area contributed by atoms with E-state index in [1.54, 1.807) is 6.07 Å². The fraction of sp³-hybridized carbons (Fsp3) is 0.222. The van der Waals surface area contributed by atoms with Crippen LogP contribution in [0.5, 0.6) is 0 Å². The van der Waals surface area contributed by atoms with Crippen molar-refractivity contribution in [3.63, 3.8) is 0 Å². The van der Waals surface area contributed by atoms with E-state index in [-0.39, 0.29) is 6.42 Å². The van der Waals surface area contributed by atoms with Crippen molar-refractivity contribution in [2.75, 3.05) is 0 Å². The highest BCUT2D eigenvalue weighted by molar-refractivity contribution is 9.10. The van der Waals surface area contributed by atoms with Gasteiger partial charge in [0.25, 0.3) is 0 Å². The smallest absolute Gasteiger partial charge is 0.0930 e. The lowest BCUT2D eigenvalue weighted by Gasteiger charge is -2.07. The molecule has 1 rings (SSSR count). The van der Waals surface area contributed by atoms with E-state index in [0.29, 0.717) is 0 Å². The third-order valence-corrected chi connectivity index (χ3v) is 2.27. The van der Waals surface area contributed by atoms with Gasteiger partial charge in [-0.2, -0.15) is 5.26 Å². The standard InChI is InChI=1S/C9H8BrNO/c10-8-4-2-1-3-7(8)9(12)5-6-11/h1-4,9,12H,5H2/t9-/m1/s1. The Labute approximate surface area is 79.6 Å². The van der Waals surface area contributed by atoms with Crippen LogP contribution in [0, 0.1) is 11.3 Å². The van der Waals surface area contributed by atoms with E-state index in [2.05, 4.69) is 15.9 Å².